The minimum atomic E-state index is -0.0206. The SMILES string of the molecule is CC1CN(C2=CN3C(=O)C=C(c4ccc5c(c4)OCCO5)C(C)CC=C3C=C2)CCN1. The predicted molar refractivity (Wildman–Crippen MR) is 120 cm³/mol. The maximum absolute atomic E-state index is 13.4. The lowest BCUT2D eigenvalue weighted by Crippen LogP contribution is -2.48. The van der Waals surface area contributed by atoms with Crippen LogP contribution in [0.4, 0.5) is 0 Å². The first-order valence-corrected chi connectivity index (χ1v) is 11.1. The molecule has 1 aromatic rings. The molecule has 6 nitrogen and oxygen atoms in total. The molecule has 1 N–H and O–H groups in total. The van der Waals surface area contributed by atoms with Gasteiger partial charge >= 0.3 is 0 Å². The van der Waals surface area contributed by atoms with E-state index in [0.717, 1.165) is 60.1 Å². The van der Waals surface area contributed by atoms with E-state index in [1.165, 1.54) is 0 Å². The molecule has 1 saturated heterocycles. The summed E-state index contributed by atoms with van der Waals surface area (Å²) in [7, 11) is 0. The molecule has 1 fully saturated rings. The van der Waals surface area contributed by atoms with Crippen molar-refractivity contribution in [2.24, 2.45) is 5.92 Å². The minimum Gasteiger partial charge on any atom is -0.486 e. The molecule has 0 radical (unpaired) electrons. The van der Waals surface area contributed by atoms with Gasteiger partial charge in [-0.1, -0.05) is 19.1 Å². The molecule has 4 aliphatic heterocycles. The highest BCUT2D eigenvalue weighted by Crippen LogP contribution is 2.37. The lowest BCUT2D eigenvalue weighted by molar-refractivity contribution is -0.122. The standard InChI is InChI=1S/C25H29N3O3/c1-17-3-5-20-6-7-21(27-10-9-26-18(2)15-27)16-28(20)25(29)14-22(17)19-4-8-23-24(13-19)31-12-11-30-23/h4-8,13-14,16-18,26H,3,9-12,15H2,1-2H3. The van der Waals surface area contributed by atoms with Gasteiger partial charge in [-0.25, -0.2) is 0 Å². The molecule has 4 aliphatic rings. The van der Waals surface area contributed by atoms with Crippen LogP contribution >= 0.6 is 0 Å². The molecular formula is C25H29N3O3. The number of carbonyl (C=O) groups excluding carboxylic acids is 1. The molecule has 2 atom stereocenters. The number of carbonyl (C=O) groups is 1. The normalized spacial score (nSPS) is 25.7. The Morgan fingerprint density at radius 1 is 1.06 bits per heavy atom. The number of allylic oxidation sites excluding steroid dienone is 4. The van der Waals surface area contributed by atoms with Crippen molar-refractivity contribution in [2.45, 2.75) is 26.3 Å². The Labute approximate surface area is 183 Å². The van der Waals surface area contributed by atoms with Crippen molar-refractivity contribution in [1.82, 2.24) is 15.1 Å². The van der Waals surface area contributed by atoms with Gasteiger partial charge in [-0.2, -0.15) is 0 Å². The zero-order valence-corrected chi connectivity index (χ0v) is 18.1. The van der Waals surface area contributed by atoms with Crippen molar-refractivity contribution in [2.75, 3.05) is 32.8 Å². The van der Waals surface area contributed by atoms with Crippen LogP contribution in [-0.4, -0.2) is 54.6 Å². The first-order chi connectivity index (χ1) is 15.1. The molecule has 4 heterocycles. The number of hydrogen-bond acceptors (Lipinski definition) is 5. The summed E-state index contributed by atoms with van der Waals surface area (Å²) in [6.45, 7) is 8.31. The maximum atomic E-state index is 13.4. The van der Waals surface area contributed by atoms with Gasteiger partial charge in [-0.3, -0.25) is 9.69 Å². The first kappa shape index (κ1) is 19.9. The Bertz CT molecular complexity index is 1010. The van der Waals surface area contributed by atoms with Crippen molar-refractivity contribution in [3.05, 3.63) is 65.7 Å². The molecule has 0 aromatic heterocycles. The topological polar surface area (TPSA) is 54.0 Å². The number of benzene rings is 1. The van der Waals surface area contributed by atoms with Crippen LogP contribution in [0.3, 0.4) is 0 Å². The van der Waals surface area contributed by atoms with Crippen LogP contribution in [0.2, 0.25) is 0 Å². The second kappa shape index (κ2) is 8.27. The second-order valence-electron chi connectivity index (χ2n) is 8.62. The fourth-order valence-electron chi connectivity index (χ4n) is 4.57. The number of hydrogen-bond donors (Lipinski definition) is 1. The largest absolute Gasteiger partial charge is 0.486 e. The quantitative estimate of drug-likeness (QED) is 0.797. The van der Waals surface area contributed by atoms with E-state index in [-0.39, 0.29) is 11.8 Å². The summed E-state index contributed by atoms with van der Waals surface area (Å²) in [5.41, 5.74) is 4.07. The third kappa shape index (κ3) is 4.00. The summed E-state index contributed by atoms with van der Waals surface area (Å²) in [6, 6.07) is 6.39. The van der Waals surface area contributed by atoms with E-state index >= 15 is 0 Å². The van der Waals surface area contributed by atoms with E-state index in [9.17, 15) is 4.79 Å². The molecular weight excluding hydrogens is 390 g/mol. The van der Waals surface area contributed by atoms with Gasteiger partial charge in [0.2, 0.25) is 0 Å². The molecule has 162 valence electrons. The summed E-state index contributed by atoms with van der Waals surface area (Å²) in [5, 5.41) is 3.47. The monoisotopic (exact) mass is 419 g/mol. The van der Waals surface area contributed by atoms with E-state index < -0.39 is 0 Å². The predicted octanol–water partition coefficient (Wildman–Crippen LogP) is 3.30. The van der Waals surface area contributed by atoms with Crippen LogP contribution in [-0.2, 0) is 4.79 Å². The van der Waals surface area contributed by atoms with Crippen LogP contribution in [0.1, 0.15) is 25.8 Å². The molecule has 0 bridgehead atoms. The lowest BCUT2D eigenvalue weighted by Gasteiger charge is -2.36. The van der Waals surface area contributed by atoms with Gasteiger partial charge in [-0.05, 0) is 54.7 Å². The van der Waals surface area contributed by atoms with Gasteiger partial charge in [0.05, 0.1) is 5.70 Å². The van der Waals surface area contributed by atoms with Crippen LogP contribution in [0, 0.1) is 5.92 Å². The van der Waals surface area contributed by atoms with Gasteiger partial charge in [0, 0.05) is 43.6 Å². The molecule has 31 heavy (non-hydrogen) atoms. The van der Waals surface area contributed by atoms with Crippen molar-refractivity contribution >= 4 is 11.5 Å². The van der Waals surface area contributed by atoms with Crippen LogP contribution in [0.15, 0.2) is 60.1 Å². The molecule has 6 heteroatoms. The molecule has 0 saturated carbocycles. The van der Waals surface area contributed by atoms with Crippen molar-refractivity contribution in [3.63, 3.8) is 0 Å². The summed E-state index contributed by atoms with van der Waals surface area (Å²) < 4.78 is 11.4. The smallest absolute Gasteiger partial charge is 0.255 e. The second-order valence-corrected chi connectivity index (χ2v) is 8.62. The number of rotatable bonds is 2. The van der Waals surface area contributed by atoms with E-state index in [4.69, 9.17) is 9.47 Å². The number of nitrogens with one attached hydrogen (secondary N) is 1. The van der Waals surface area contributed by atoms with Crippen molar-refractivity contribution < 1.29 is 14.3 Å². The van der Waals surface area contributed by atoms with Crippen LogP contribution in [0.25, 0.3) is 5.57 Å². The Morgan fingerprint density at radius 3 is 2.71 bits per heavy atom. The highest BCUT2D eigenvalue weighted by atomic mass is 16.6. The van der Waals surface area contributed by atoms with Gasteiger partial charge in [-0.15, -0.1) is 0 Å². The van der Waals surface area contributed by atoms with Crippen LogP contribution in [0.5, 0.6) is 11.5 Å². The Balaban J connectivity index is 1.45. The average molecular weight is 420 g/mol. The first-order valence-electron chi connectivity index (χ1n) is 11.1. The van der Waals surface area contributed by atoms with E-state index in [1.54, 1.807) is 11.0 Å². The number of piperazine rings is 1. The fourth-order valence-corrected chi connectivity index (χ4v) is 4.57. The summed E-state index contributed by atoms with van der Waals surface area (Å²) >= 11 is 0. The van der Waals surface area contributed by atoms with E-state index in [1.807, 2.05) is 24.4 Å². The Kier molecular flexibility index (Phi) is 5.32. The Morgan fingerprint density at radius 2 is 1.87 bits per heavy atom. The number of ether oxygens (including phenoxy) is 2. The van der Waals surface area contributed by atoms with Crippen LogP contribution < -0.4 is 14.8 Å². The van der Waals surface area contributed by atoms with Gasteiger partial charge in [0.15, 0.2) is 11.5 Å². The summed E-state index contributed by atoms with van der Waals surface area (Å²) in [5.74, 6) is 1.71. The highest BCUT2D eigenvalue weighted by molar-refractivity contribution is 5.98. The van der Waals surface area contributed by atoms with Gasteiger partial charge in [0.1, 0.15) is 13.2 Å². The molecule has 0 aliphatic carbocycles. The summed E-state index contributed by atoms with van der Waals surface area (Å²) in [6.07, 6.45) is 11.0. The number of fused-ring (bicyclic) bond motifs is 2. The summed E-state index contributed by atoms with van der Waals surface area (Å²) in [4.78, 5) is 17.5. The third-order valence-corrected chi connectivity index (χ3v) is 6.30. The Hall–Kier alpha value is -2.99. The molecule has 1 amide bonds. The minimum absolute atomic E-state index is 0.0206. The molecule has 1 aromatic carbocycles. The van der Waals surface area contributed by atoms with Gasteiger partial charge in [0.25, 0.3) is 5.91 Å². The maximum Gasteiger partial charge on any atom is 0.255 e. The molecule has 2 unspecified atom stereocenters. The van der Waals surface area contributed by atoms with Crippen molar-refractivity contribution in [1.29, 1.82) is 0 Å². The lowest BCUT2D eigenvalue weighted by atomic mass is 9.89. The fraction of sp³-hybridized carbons (Fsp3) is 0.400. The van der Waals surface area contributed by atoms with E-state index in [0.29, 0.717) is 19.3 Å². The average Bonchev–Trinajstić information content (AvgIpc) is 2.79. The van der Waals surface area contributed by atoms with E-state index in [2.05, 4.69) is 42.3 Å². The zero-order valence-electron chi connectivity index (χ0n) is 18.1. The highest BCUT2D eigenvalue weighted by Gasteiger charge is 2.26. The third-order valence-electron chi connectivity index (χ3n) is 6.30. The van der Waals surface area contributed by atoms with Gasteiger partial charge < -0.3 is 19.7 Å². The molecule has 0 spiro atoms. The number of amides is 1. The zero-order chi connectivity index (χ0) is 21.4. The molecule has 5 rings (SSSR count). The number of nitrogens with zero attached hydrogens (tertiary/aromatic N) is 2. The van der Waals surface area contributed by atoms with Crippen molar-refractivity contribution in [3.8, 4) is 11.5 Å².